The highest BCUT2D eigenvalue weighted by Crippen LogP contribution is 2.20. The van der Waals surface area contributed by atoms with Crippen LogP contribution in [-0.2, 0) is 11.3 Å². The van der Waals surface area contributed by atoms with Gasteiger partial charge in [-0.2, -0.15) is 0 Å². The lowest BCUT2D eigenvalue weighted by Crippen LogP contribution is -2.37. The molecule has 3 N–H and O–H groups in total. The SMILES string of the molecule is CC(N)CCC(=O)NC1CC(C)N(Cc2ccccc2)C1. The second kappa shape index (κ2) is 7.57. The summed E-state index contributed by atoms with van der Waals surface area (Å²) in [6.45, 7) is 6.05. The van der Waals surface area contributed by atoms with Gasteiger partial charge >= 0.3 is 0 Å². The molecule has 0 bridgehead atoms. The summed E-state index contributed by atoms with van der Waals surface area (Å²) >= 11 is 0. The van der Waals surface area contributed by atoms with E-state index in [1.807, 2.05) is 13.0 Å². The summed E-state index contributed by atoms with van der Waals surface area (Å²) in [5, 5.41) is 3.14. The smallest absolute Gasteiger partial charge is 0.220 e. The highest BCUT2D eigenvalue weighted by Gasteiger charge is 2.29. The Hall–Kier alpha value is -1.39. The molecule has 3 unspecified atom stereocenters. The van der Waals surface area contributed by atoms with Gasteiger partial charge in [-0.3, -0.25) is 9.69 Å². The zero-order chi connectivity index (χ0) is 15.2. The van der Waals surface area contributed by atoms with E-state index in [-0.39, 0.29) is 18.0 Å². The Morgan fingerprint density at radius 1 is 1.43 bits per heavy atom. The van der Waals surface area contributed by atoms with Gasteiger partial charge in [-0.25, -0.2) is 0 Å². The van der Waals surface area contributed by atoms with Crippen molar-refractivity contribution in [2.75, 3.05) is 6.54 Å². The van der Waals surface area contributed by atoms with Crippen LogP contribution in [0, 0.1) is 0 Å². The van der Waals surface area contributed by atoms with Crippen LogP contribution in [0.15, 0.2) is 30.3 Å². The summed E-state index contributed by atoms with van der Waals surface area (Å²) in [5.74, 6) is 0.131. The number of nitrogens with zero attached hydrogens (tertiary/aromatic N) is 1. The lowest BCUT2D eigenvalue weighted by Gasteiger charge is -2.20. The number of nitrogens with one attached hydrogen (secondary N) is 1. The number of hydrogen-bond donors (Lipinski definition) is 2. The van der Waals surface area contributed by atoms with Crippen LogP contribution in [0.5, 0.6) is 0 Å². The van der Waals surface area contributed by atoms with Crippen LogP contribution < -0.4 is 11.1 Å². The van der Waals surface area contributed by atoms with Crippen molar-refractivity contribution in [3.63, 3.8) is 0 Å². The van der Waals surface area contributed by atoms with Crippen LogP contribution in [0.3, 0.4) is 0 Å². The first-order valence-electron chi connectivity index (χ1n) is 7.87. The van der Waals surface area contributed by atoms with E-state index in [1.54, 1.807) is 0 Å². The second-order valence-corrected chi connectivity index (χ2v) is 6.28. The molecule has 4 heteroatoms. The minimum absolute atomic E-state index is 0.0906. The number of hydrogen-bond acceptors (Lipinski definition) is 3. The molecule has 2 rings (SSSR count). The lowest BCUT2D eigenvalue weighted by molar-refractivity contribution is -0.121. The van der Waals surface area contributed by atoms with Crippen LogP contribution in [-0.4, -0.2) is 35.5 Å². The number of rotatable bonds is 6. The fraction of sp³-hybridized carbons (Fsp3) is 0.588. The number of carbonyl (C=O) groups is 1. The minimum atomic E-state index is 0.0906. The third-order valence-electron chi connectivity index (χ3n) is 4.12. The van der Waals surface area contributed by atoms with Gasteiger partial charge in [0.1, 0.15) is 0 Å². The van der Waals surface area contributed by atoms with Crippen LogP contribution in [0.2, 0.25) is 0 Å². The predicted molar refractivity (Wildman–Crippen MR) is 85.7 cm³/mol. The fourth-order valence-corrected chi connectivity index (χ4v) is 2.90. The monoisotopic (exact) mass is 289 g/mol. The van der Waals surface area contributed by atoms with Crippen molar-refractivity contribution in [3.8, 4) is 0 Å². The maximum atomic E-state index is 11.9. The maximum absolute atomic E-state index is 11.9. The van der Waals surface area contributed by atoms with Crippen molar-refractivity contribution >= 4 is 5.91 Å². The summed E-state index contributed by atoms with van der Waals surface area (Å²) in [6, 6.07) is 11.4. The van der Waals surface area contributed by atoms with Gasteiger partial charge in [-0.1, -0.05) is 30.3 Å². The van der Waals surface area contributed by atoms with E-state index in [1.165, 1.54) is 5.56 Å². The summed E-state index contributed by atoms with van der Waals surface area (Å²) < 4.78 is 0. The maximum Gasteiger partial charge on any atom is 0.220 e. The van der Waals surface area contributed by atoms with Crippen LogP contribution in [0.1, 0.15) is 38.7 Å². The molecule has 1 aromatic carbocycles. The van der Waals surface area contributed by atoms with E-state index in [0.29, 0.717) is 12.5 Å². The average molecular weight is 289 g/mol. The number of carbonyl (C=O) groups excluding carboxylic acids is 1. The first kappa shape index (κ1) is 16.0. The Bertz CT molecular complexity index is 447. The molecule has 1 heterocycles. The van der Waals surface area contributed by atoms with Gasteiger partial charge < -0.3 is 11.1 Å². The molecule has 21 heavy (non-hydrogen) atoms. The Morgan fingerprint density at radius 2 is 2.14 bits per heavy atom. The molecule has 1 saturated heterocycles. The number of benzene rings is 1. The van der Waals surface area contributed by atoms with Gasteiger partial charge in [0.15, 0.2) is 0 Å². The molecule has 1 amide bonds. The molecule has 3 atom stereocenters. The Labute approximate surface area is 127 Å². The van der Waals surface area contributed by atoms with Crippen molar-refractivity contribution in [2.24, 2.45) is 5.73 Å². The van der Waals surface area contributed by atoms with Gasteiger partial charge in [-0.15, -0.1) is 0 Å². The van der Waals surface area contributed by atoms with E-state index in [4.69, 9.17) is 5.73 Å². The predicted octanol–water partition coefficient (Wildman–Crippen LogP) is 1.89. The molecule has 1 fully saturated rings. The number of nitrogens with two attached hydrogens (primary N) is 1. The topological polar surface area (TPSA) is 58.4 Å². The summed E-state index contributed by atoms with van der Waals surface area (Å²) in [7, 11) is 0. The van der Waals surface area contributed by atoms with Gasteiger partial charge in [0.25, 0.3) is 0 Å². The molecular weight excluding hydrogens is 262 g/mol. The van der Waals surface area contributed by atoms with Gasteiger partial charge in [0.2, 0.25) is 5.91 Å². The average Bonchev–Trinajstić information content (AvgIpc) is 2.77. The van der Waals surface area contributed by atoms with E-state index in [2.05, 4.69) is 41.4 Å². The highest BCUT2D eigenvalue weighted by molar-refractivity contribution is 5.76. The molecule has 1 aromatic rings. The molecule has 0 spiro atoms. The van der Waals surface area contributed by atoms with Crippen molar-refractivity contribution in [2.45, 2.75) is 57.8 Å². The fourth-order valence-electron chi connectivity index (χ4n) is 2.90. The van der Waals surface area contributed by atoms with E-state index in [0.717, 1.165) is 25.9 Å². The molecule has 4 nitrogen and oxygen atoms in total. The molecule has 0 aliphatic carbocycles. The van der Waals surface area contributed by atoms with E-state index < -0.39 is 0 Å². The standard InChI is InChI=1S/C17H27N3O/c1-13(18)8-9-17(21)19-16-10-14(2)20(12-16)11-15-6-4-3-5-7-15/h3-7,13-14,16H,8-12,18H2,1-2H3,(H,19,21). The van der Waals surface area contributed by atoms with Crippen molar-refractivity contribution in [1.29, 1.82) is 0 Å². The lowest BCUT2D eigenvalue weighted by atomic mass is 10.1. The first-order valence-corrected chi connectivity index (χ1v) is 7.87. The quantitative estimate of drug-likeness (QED) is 0.841. The van der Waals surface area contributed by atoms with Crippen molar-refractivity contribution < 1.29 is 4.79 Å². The number of likely N-dealkylation sites (tertiary alicyclic amines) is 1. The Balaban J connectivity index is 1.79. The normalized spacial score (nSPS) is 24.0. The third-order valence-corrected chi connectivity index (χ3v) is 4.12. The van der Waals surface area contributed by atoms with Gasteiger partial charge in [0, 0.05) is 37.6 Å². The van der Waals surface area contributed by atoms with Gasteiger partial charge in [-0.05, 0) is 32.3 Å². The van der Waals surface area contributed by atoms with Crippen LogP contribution >= 0.6 is 0 Å². The molecule has 0 radical (unpaired) electrons. The summed E-state index contributed by atoms with van der Waals surface area (Å²) in [5.41, 5.74) is 7.02. The van der Waals surface area contributed by atoms with Gasteiger partial charge in [0.05, 0.1) is 0 Å². The molecule has 116 valence electrons. The first-order chi connectivity index (χ1) is 10.0. The number of amides is 1. The molecule has 0 saturated carbocycles. The van der Waals surface area contributed by atoms with Crippen LogP contribution in [0.4, 0.5) is 0 Å². The van der Waals surface area contributed by atoms with E-state index >= 15 is 0 Å². The molecule has 1 aliphatic heterocycles. The highest BCUT2D eigenvalue weighted by atomic mass is 16.1. The van der Waals surface area contributed by atoms with E-state index in [9.17, 15) is 4.79 Å². The summed E-state index contributed by atoms with van der Waals surface area (Å²) in [4.78, 5) is 14.3. The summed E-state index contributed by atoms with van der Waals surface area (Å²) in [6.07, 6.45) is 2.31. The molecule has 0 aromatic heterocycles. The van der Waals surface area contributed by atoms with Crippen molar-refractivity contribution in [1.82, 2.24) is 10.2 Å². The third kappa shape index (κ3) is 5.14. The molecule has 1 aliphatic rings. The second-order valence-electron chi connectivity index (χ2n) is 6.28. The van der Waals surface area contributed by atoms with Crippen LogP contribution in [0.25, 0.3) is 0 Å². The zero-order valence-electron chi connectivity index (χ0n) is 13.1. The Kier molecular flexibility index (Phi) is 5.76. The van der Waals surface area contributed by atoms with Crippen molar-refractivity contribution in [3.05, 3.63) is 35.9 Å². The Morgan fingerprint density at radius 3 is 2.81 bits per heavy atom. The molecular formula is C17H27N3O. The largest absolute Gasteiger partial charge is 0.352 e. The zero-order valence-corrected chi connectivity index (χ0v) is 13.1. The minimum Gasteiger partial charge on any atom is -0.352 e.